The molecule has 0 spiro atoms. The molecule has 0 aromatic carbocycles. The lowest BCUT2D eigenvalue weighted by molar-refractivity contribution is 0.190. The molecule has 0 amide bonds. The van der Waals surface area contributed by atoms with Gasteiger partial charge in [-0.25, -0.2) is 0 Å². The summed E-state index contributed by atoms with van der Waals surface area (Å²) in [6.45, 7) is 0.249. The quantitative estimate of drug-likeness (QED) is 0.795. The lowest BCUT2D eigenvalue weighted by Gasteiger charge is -2.05. The fourth-order valence-corrected chi connectivity index (χ4v) is 3.50. The third-order valence-corrected chi connectivity index (χ3v) is 4.34. The van der Waals surface area contributed by atoms with Gasteiger partial charge in [-0.1, -0.05) is 11.6 Å². The third kappa shape index (κ3) is 1.50. The summed E-state index contributed by atoms with van der Waals surface area (Å²) in [6, 6.07) is 0. The minimum atomic E-state index is -0.580. The maximum absolute atomic E-state index is 9.57. The van der Waals surface area contributed by atoms with E-state index in [4.69, 9.17) is 17.3 Å². The number of hydrogen-bond donors (Lipinski definition) is 2. The van der Waals surface area contributed by atoms with Crippen LogP contribution in [0.2, 0.25) is 5.02 Å². The second-order valence-electron chi connectivity index (χ2n) is 3.29. The largest absolute Gasteiger partial charge is 0.386 e. The van der Waals surface area contributed by atoms with Gasteiger partial charge in [0.15, 0.2) is 0 Å². The highest BCUT2D eigenvalue weighted by atomic mass is 35.5. The number of rotatable bonds is 2. The Bertz CT molecular complexity index is 324. The van der Waals surface area contributed by atoms with Gasteiger partial charge in [-0.2, -0.15) is 0 Å². The van der Waals surface area contributed by atoms with Crippen LogP contribution in [-0.2, 0) is 12.8 Å². The van der Waals surface area contributed by atoms with Crippen molar-refractivity contribution >= 4 is 22.9 Å². The van der Waals surface area contributed by atoms with Crippen LogP contribution in [-0.4, -0.2) is 11.7 Å². The van der Waals surface area contributed by atoms with Crippen molar-refractivity contribution in [2.75, 3.05) is 6.54 Å². The van der Waals surface area contributed by atoms with Crippen LogP contribution in [0.15, 0.2) is 0 Å². The SMILES string of the molecule is NCC(O)c1sc2c(c1Cl)CCC2. The molecule has 0 bridgehead atoms. The first-order valence-electron chi connectivity index (χ1n) is 4.42. The van der Waals surface area contributed by atoms with E-state index in [0.717, 1.165) is 22.7 Å². The molecule has 1 aromatic heterocycles. The Hall–Kier alpha value is -0.0900. The summed E-state index contributed by atoms with van der Waals surface area (Å²) in [4.78, 5) is 2.20. The number of aliphatic hydroxyl groups excluding tert-OH is 1. The van der Waals surface area contributed by atoms with E-state index in [1.54, 1.807) is 11.3 Å². The Morgan fingerprint density at radius 2 is 2.31 bits per heavy atom. The fourth-order valence-electron chi connectivity index (χ4n) is 1.71. The van der Waals surface area contributed by atoms with E-state index in [9.17, 15) is 5.11 Å². The number of fused-ring (bicyclic) bond motifs is 1. The van der Waals surface area contributed by atoms with Crippen molar-refractivity contribution in [3.8, 4) is 0 Å². The monoisotopic (exact) mass is 217 g/mol. The third-order valence-electron chi connectivity index (χ3n) is 2.41. The second kappa shape index (κ2) is 3.58. The van der Waals surface area contributed by atoms with Crippen molar-refractivity contribution in [2.45, 2.75) is 25.4 Å². The van der Waals surface area contributed by atoms with E-state index in [1.807, 2.05) is 0 Å². The second-order valence-corrected chi connectivity index (χ2v) is 4.80. The van der Waals surface area contributed by atoms with Crippen molar-refractivity contribution < 1.29 is 5.11 Å². The van der Waals surface area contributed by atoms with Gasteiger partial charge < -0.3 is 10.8 Å². The zero-order valence-corrected chi connectivity index (χ0v) is 8.79. The molecule has 1 aliphatic carbocycles. The molecule has 0 radical (unpaired) electrons. The predicted octanol–water partition coefficient (Wildman–Crippen LogP) is 1.88. The molecule has 0 saturated heterocycles. The molecular formula is C9H12ClNOS. The van der Waals surface area contributed by atoms with E-state index in [2.05, 4.69) is 0 Å². The Kier molecular flexibility index (Phi) is 2.60. The molecule has 72 valence electrons. The van der Waals surface area contributed by atoms with Crippen LogP contribution in [0, 0.1) is 0 Å². The molecule has 1 unspecified atom stereocenters. The molecular weight excluding hydrogens is 206 g/mol. The van der Waals surface area contributed by atoms with E-state index >= 15 is 0 Å². The molecule has 4 heteroatoms. The minimum Gasteiger partial charge on any atom is -0.386 e. The van der Waals surface area contributed by atoms with Crippen molar-refractivity contribution in [1.82, 2.24) is 0 Å². The van der Waals surface area contributed by atoms with Crippen LogP contribution in [0.3, 0.4) is 0 Å². The lowest BCUT2D eigenvalue weighted by Crippen LogP contribution is -2.10. The average molecular weight is 218 g/mol. The van der Waals surface area contributed by atoms with Crippen LogP contribution in [0.5, 0.6) is 0 Å². The van der Waals surface area contributed by atoms with Gasteiger partial charge in [0.1, 0.15) is 6.10 Å². The molecule has 13 heavy (non-hydrogen) atoms. The highest BCUT2D eigenvalue weighted by Crippen LogP contribution is 2.41. The molecule has 1 aliphatic rings. The van der Waals surface area contributed by atoms with Crippen molar-refractivity contribution in [2.24, 2.45) is 5.73 Å². The highest BCUT2D eigenvalue weighted by molar-refractivity contribution is 7.13. The molecule has 1 aromatic rings. The summed E-state index contributed by atoms with van der Waals surface area (Å²) in [7, 11) is 0. The summed E-state index contributed by atoms with van der Waals surface area (Å²) < 4.78 is 0. The molecule has 0 saturated carbocycles. The molecule has 0 fully saturated rings. The number of aryl methyl sites for hydroxylation is 1. The topological polar surface area (TPSA) is 46.2 Å². The average Bonchev–Trinajstić information content (AvgIpc) is 2.68. The summed E-state index contributed by atoms with van der Waals surface area (Å²) in [5.74, 6) is 0. The van der Waals surface area contributed by atoms with Crippen LogP contribution in [0.4, 0.5) is 0 Å². The summed E-state index contributed by atoms with van der Waals surface area (Å²) in [5.41, 5.74) is 6.63. The van der Waals surface area contributed by atoms with E-state index in [0.29, 0.717) is 0 Å². The van der Waals surface area contributed by atoms with Crippen LogP contribution in [0.1, 0.15) is 27.8 Å². The van der Waals surface area contributed by atoms with Gasteiger partial charge in [-0.15, -0.1) is 11.3 Å². The first-order valence-corrected chi connectivity index (χ1v) is 5.61. The molecule has 1 heterocycles. The Balaban J connectivity index is 2.38. The van der Waals surface area contributed by atoms with Gasteiger partial charge >= 0.3 is 0 Å². The summed E-state index contributed by atoms with van der Waals surface area (Å²) >= 11 is 7.76. The van der Waals surface area contributed by atoms with Crippen molar-refractivity contribution in [3.05, 3.63) is 20.3 Å². The summed E-state index contributed by atoms with van der Waals surface area (Å²) in [6.07, 6.45) is 2.78. The Morgan fingerprint density at radius 3 is 2.92 bits per heavy atom. The van der Waals surface area contributed by atoms with Crippen LogP contribution in [0.25, 0.3) is 0 Å². The first kappa shape index (κ1) is 9.46. The van der Waals surface area contributed by atoms with E-state index in [1.165, 1.54) is 16.9 Å². The molecule has 1 atom stereocenters. The molecule has 0 aliphatic heterocycles. The van der Waals surface area contributed by atoms with Gasteiger partial charge in [0.05, 0.1) is 9.90 Å². The molecule has 2 rings (SSSR count). The number of aliphatic hydroxyl groups is 1. The highest BCUT2D eigenvalue weighted by Gasteiger charge is 2.23. The first-order chi connectivity index (χ1) is 6.24. The van der Waals surface area contributed by atoms with Gasteiger partial charge in [-0.3, -0.25) is 0 Å². The van der Waals surface area contributed by atoms with E-state index < -0.39 is 6.10 Å². The fraction of sp³-hybridized carbons (Fsp3) is 0.556. The smallest absolute Gasteiger partial charge is 0.102 e. The minimum absolute atomic E-state index is 0.249. The molecule has 3 N–H and O–H groups in total. The Morgan fingerprint density at radius 1 is 1.54 bits per heavy atom. The number of halogens is 1. The maximum atomic E-state index is 9.57. The predicted molar refractivity (Wildman–Crippen MR) is 55.4 cm³/mol. The van der Waals surface area contributed by atoms with E-state index in [-0.39, 0.29) is 6.54 Å². The van der Waals surface area contributed by atoms with Crippen molar-refractivity contribution in [1.29, 1.82) is 0 Å². The maximum Gasteiger partial charge on any atom is 0.102 e. The number of nitrogens with two attached hydrogens (primary N) is 1. The van der Waals surface area contributed by atoms with Gasteiger partial charge in [0.25, 0.3) is 0 Å². The normalized spacial score (nSPS) is 17.5. The zero-order valence-electron chi connectivity index (χ0n) is 7.22. The molecule has 2 nitrogen and oxygen atoms in total. The van der Waals surface area contributed by atoms with Crippen LogP contribution >= 0.6 is 22.9 Å². The summed E-state index contributed by atoms with van der Waals surface area (Å²) in [5, 5.41) is 10.3. The van der Waals surface area contributed by atoms with Crippen molar-refractivity contribution in [3.63, 3.8) is 0 Å². The lowest BCUT2D eigenvalue weighted by atomic mass is 10.2. The Labute approximate surface area is 86.3 Å². The van der Waals surface area contributed by atoms with Crippen LogP contribution < -0.4 is 5.73 Å². The number of hydrogen-bond acceptors (Lipinski definition) is 3. The van der Waals surface area contributed by atoms with Gasteiger partial charge in [-0.05, 0) is 24.8 Å². The number of thiophene rings is 1. The van der Waals surface area contributed by atoms with Gasteiger partial charge in [0, 0.05) is 11.4 Å². The zero-order chi connectivity index (χ0) is 9.42. The van der Waals surface area contributed by atoms with Gasteiger partial charge in [0.2, 0.25) is 0 Å². The standard InChI is InChI=1S/C9H12ClNOS/c10-8-5-2-1-3-7(5)13-9(8)6(12)4-11/h6,12H,1-4,11H2.